The maximum Gasteiger partial charge on any atom is 0.261 e. The fraction of sp³-hybridized carbons (Fsp3) is 0.174. The minimum absolute atomic E-state index is 0.162. The first kappa shape index (κ1) is 21.5. The van der Waals surface area contributed by atoms with Crippen LogP contribution < -0.4 is 10.0 Å². The molecule has 0 aliphatic carbocycles. The van der Waals surface area contributed by atoms with Crippen LogP contribution in [0.2, 0.25) is 0 Å². The molecule has 0 fully saturated rings. The number of nitrogens with one attached hydrogen (secondary N) is 2. The highest BCUT2D eigenvalue weighted by Gasteiger charge is 2.18. The second-order valence-corrected chi connectivity index (χ2v) is 8.88. The summed E-state index contributed by atoms with van der Waals surface area (Å²) in [4.78, 5) is 15.1. The number of rotatable bonds is 8. The summed E-state index contributed by atoms with van der Waals surface area (Å²) in [5.41, 5.74) is 1.71. The molecule has 3 aromatic carbocycles. The predicted molar refractivity (Wildman–Crippen MR) is 119 cm³/mol. The molecule has 0 saturated heterocycles. The molecule has 1 atom stereocenters. The van der Waals surface area contributed by atoms with Crippen LogP contribution in [-0.2, 0) is 10.0 Å². The van der Waals surface area contributed by atoms with Crippen LogP contribution in [0, 0.1) is 0 Å². The molecule has 0 heterocycles. The Morgan fingerprint density at radius 3 is 2.17 bits per heavy atom. The topological polar surface area (TPSA) is 78.5 Å². The maximum absolute atomic E-state index is 12.9. The summed E-state index contributed by atoms with van der Waals surface area (Å²) in [6.45, 7) is 0.635. The maximum atomic E-state index is 12.9. The predicted octanol–water partition coefficient (Wildman–Crippen LogP) is 3.52. The second-order valence-electron chi connectivity index (χ2n) is 7.20. The van der Waals surface area contributed by atoms with Gasteiger partial charge in [-0.1, -0.05) is 54.6 Å². The first-order valence-electron chi connectivity index (χ1n) is 9.53. The molecular formula is C23H25N3O3S. The fourth-order valence-corrected chi connectivity index (χ4v) is 4.13. The molecule has 0 radical (unpaired) electrons. The van der Waals surface area contributed by atoms with Crippen LogP contribution in [0.1, 0.15) is 22.0 Å². The molecule has 3 rings (SSSR count). The standard InChI is InChI=1S/C23H25N3O3S/c1-26(2)17-22(18-10-5-3-6-11-18)24-23(27)19-12-9-13-20(16-19)25-30(28,29)21-14-7-4-8-15-21/h3-16,22,25H,17H2,1-2H3,(H,24,27)/t22-/m1/s1. The molecule has 0 aliphatic rings. The zero-order valence-corrected chi connectivity index (χ0v) is 17.8. The van der Waals surface area contributed by atoms with Gasteiger partial charge in [0.2, 0.25) is 0 Å². The number of anilines is 1. The first-order valence-corrected chi connectivity index (χ1v) is 11.0. The number of carbonyl (C=O) groups is 1. The van der Waals surface area contributed by atoms with Gasteiger partial charge in [0, 0.05) is 17.8 Å². The lowest BCUT2D eigenvalue weighted by Crippen LogP contribution is -2.35. The highest BCUT2D eigenvalue weighted by Crippen LogP contribution is 2.19. The average Bonchev–Trinajstić information content (AvgIpc) is 2.74. The molecule has 3 aromatic rings. The minimum atomic E-state index is -3.73. The number of amides is 1. The van der Waals surface area contributed by atoms with E-state index in [9.17, 15) is 13.2 Å². The molecular weight excluding hydrogens is 398 g/mol. The molecule has 7 heteroatoms. The van der Waals surface area contributed by atoms with Gasteiger partial charge in [-0.15, -0.1) is 0 Å². The summed E-state index contributed by atoms with van der Waals surface area (Å²) in [5, 5.41) is 3.04. The van der Waals surface area contributed by atoms with Crippen LogP contribution in [0.5, 0.6) is 0 Å². The van der Waals surface area contributed by atoms with Crippen LogP contribution in [0.25, 0.3) is 0 Å². The summed E-state index contributed by atoms with van der Waals surface area (Å²) >= 11 is 0. The second kappa shape index (κ2) is 9.56. The van der Waals surface area contributed by atoms with Crippen LogP contribution in [-0.4, -0.2) is 39.9 Å². The quantitative estimate of drug-likeness (QED) is 0.581. The molecule has 2 N–H and O–H groups in total. The van der Waals surface area contributed by atoms with E-state index in [0.29, 0.717) is 17.8 Å². The van der Waals surface area contributed by atoms with E-state index in [2.05, 4.69) is 10.0 Å². The van der Waals surface area contributed by atoms with Crippen molar-refractivity contribution in [2.45, 2.75) is 10.9 Å². The summed E-state index contributed by atoms with van der Waals surface area (Å²) in [7, 11) is 0.165. The fourth-order valence-electron chi connectivity index (χ4n) is 3.06. The van der Waals surface area contributed by atoms with Crippen molar-refractivity contribution >= 4 is 21.6 Å². The zero-order chi connectivity index (χ0) is 21.6. The third kappa shape index (κ3) is 5.68. The zero-order valence-electron chi connectivity index (χ0n) is 16.9. The van der Waals surface area contributed by atoms with Crippen molar-refractivity contribution in [1.82, 2.24) is 10.2 Å². The largest absolute Gasteiger partial charge is 0.344 e. The van der Waals surface area contributed by atoms with Gasteiger partial charge in [-0.05, 0) is 50.0 Å². The highest BCUT2D eigenvalue weighted by atomic mass is 32.2. The van der Waals surface area contributed by atoms with E-state index in [1.807, 2.05) is 49.3 Å². The molecule has 0 bridgehead atoms. The Morgan fingerprint density at radius 1 is 0.900 bits per heavy atom. The number of carbonyl (C=O) groups excluding carboxylic acids is 1. The van der Waals surface area contributed by atoms with Crippen molar-refractivity contribution < 1.29 is 13.2 Å². The Morgan fingerprint density at radius 2 is 1.53 bits per heavy atom. The van der Waals surface area contributed by atoms with Crippen molar-refractivity contribution in [3.63, 3.8) is 0 Å². The summed E-state index contributed by atoms with van der Waals surface area (Å²) < 4.78 is 27.6. The van der Waals surface area contributed by atoms with Gasteiger partial charge in [0.05, 0.1) is 10.9 Å². The average molecular weight is 424 g/mol. The molecule has 0 aromatic heterocycles. The Labute approximate surface area is 177 Å². The molecule has 156 valence electrons. The van der Waals surface area contributed by atoms with Gasteiger partial charge in [0.15, 0.2) is 0 Å². The van der Waals surface area contributed by atoms with Gasteiger partial charge >= 0.3 is 0 Å². The Balaban J connectivity index is 1.78. The monoisotopic (exact) mass is 423 g/mol. The van der Waals surface area contributed by atoms with Crippen molar-refractivity contribution in [2.24, 2.45) is 0 Å². The molecule has 0 aliphatic heterocycles. The lowest BCUT2D eigenvalue weighted by Gasteiger charge is -2.23. The molecule has 1 amide bonds. The summed E-state index contributed by atoms with van der Waals surface area (Å²) in [6.07, 6.45) is 0. The number of benzene rings is 3. The molecule has 30 heavy (non-hydrogen) atoms. The van der Waals surface area contributed by atoms with Crippen molar-refractivity contribution in [2.75, 3.05) is 25.4 Å². The van der Waals surface area contributed by atoms with Gasteiger partial charge in [0.1, 0.15) is 0 Å². The number of nitrogens with zero attached hydrogens (tertiary/aromatic N) is 1. The molecule has 0 spiro atoms. The van der Waals surface area contributed by atoms with Gasteiger partial charge < -0.3 is 10.2 Å². The Kier molecular flexibility index (Phi) is 6.87. The lowest BCUT2D eigenvalue weighted by molar-refractivity contribution is 0.0930. The van der Waals surface area contributed by atoms with Crippen molar-refractivity contribution in [3.05, 3.63) is 96.1 Å². The number of hydrogen-bond donors (Lipinski definition) is 2. The van der Waals surface area contributed by atoms with E-state index in [-0.39, 0.29) is 16.8 Å². The molecule has 0 unspecified atom stereocenters. The Hall–Kier alpha value is -3.16. The van der Waals surface area contributed by atoms with Crippen LogP contribution in [0.4, 0.5) is 5.69 Å². The molecule has 6 nitrogen and oxygen atoms in total. The highest BCUT2D eigenvalue weighted by molar-refractivity contribution is 7.92. The third-order valence-corrected chi connectivity index (χ3v) is 5.88. The third-order valence-electron chi connectivity index (χ3n) is 4.49. The Bertz CT molecular complexity index is 1080. The number of sulfonamides is 1. The van der Waals surface area contributed by atoms with E-state index >= 15 is 0 Å². The van der Waals surface area contributed by atoms with Crippen molar-refractivity contribution in [3.8, 4) is 0 Å². The van der Waals surface area contributed by atoms with Gasteiger partial charge in [-0.3, -0.25) is 9.52 Å². The number of likely N-dealkylation sites (N-methyl/N-ethyl adjacent to an activating group) is 1. The summed E-state index contributed by atoms with van der Waals surface area (Å²) in [6, 6.07) is 24.1. The van der Waals surface area contributed by atoms with E-state index in [1.54, 1.807) is 36.4 Å². The minimum Gasteiger partial charge on any atom is -0.344 e. The van der Waals surface area contributed by atoms with Crippen LogP contribution >= 0.6 is 0 Å². The van der Waals surface area contributed by atoms with E-state index in [1.165, 1.54) is 18.2 Å². The van der Waals surface area contributed by atoms with Crippen LogP contribution in [0.3, 0.4) is 0 Å². The van der Waals surface area contributed by atoms with Gasteiger partial charge in [-0.2, -0.15) is 0 Å². The normalized spacial score (nSPS) is 12.4. The lowest BCUT2D eigenvalue weighted by atomic mass is 10.1. The van der Waals surface area contributed by atoms with Crippen molar-refractivity contribution in [1.29, 1.82) is 0 Å². The van der Waals surface area contributed by atoms with Crippen LogP contribution in [0.15, 0.2) is 89.8 Å². The van der Waals surface area contributed by atoms with E-state index in [4.69, 9.17) is 0 Å². The van der Waals surface area contributed by atoms with Gasteiger partial charge in [-0.25, -0.2) is 8.42 Å². The number of hydrogen-bond acceptors (Lipinski definition) is 4. The smallest absolute Gasteiger partial charge is 0.261 e. The SMILES string of the molecule is CN(C)C[C@@H](NC(=O)c1cccc(NS(=O)(=O)c2ccccc2)c1)c1ccccc1. The van der Waals surface area contributed by atoms with Gasteiger partial charge in [0.25, 0.3) is 15.9 Å². The summed E-state index contributed by atoms with van der Waals surface area (Å²) in [5.74, 6) is -0.272. The van der Waals surface area contributed by atoms with E-state index < -0.39 is 10.0 Å². The van der Waals surface area contributed by atoms with E-state index in [0.717, 1.165) is 5.56 Å². The molecule has 0 saturated carbocycles. The first-order chi connectivity index (χ1) is 14.3.